The zero-order valence-corrected chi connectivity index (χ0v) is 14.8. The van der Waals surface area contributed by atoms with Crippen molar-refractivity contribution in [3.8, 4) is 28.0 Å². The molecule has 3 aromatic carbocycles. The molecule has 0 aliphatic heterocycles. The molecule has 1 nitrogen and oxygen atoms in total. The Morgan fingerprint density at radius 2 is 1.32 bits per heavy atom. The zero-order valence-electron chi connectivity index (χ0n) is 14.8. The topological polar surface area (TPSA) is 9.23 Å². The Hall–Kier alpha value is -2.68. The van der Waals surface area contributed by atoms with Crippen LogP contribution in [0.25, 0.3) is 22.3 Å². The lowest BCUT2D eigenvalue weighted by molar-refractivity contribution is 0.415. The summed E-state index contributed by atoms with van der Waals surface area (Å²) in [7, 11) is 1.61. The number of methoxy groups -OCH3 is 1. The summed E-state index contributed by atoms with van der Waals surface area (Å²) in [5.41, 5.74) is 6.12. The largest absolute Gasteiger partial charge is 0.497 e. The fraction of sp³-hybridized carbons (Fsp3) is 0.182. The van der Waals surface area contributed by atoms with Crippen molar-refractivity contribution >= 4 is 0 Å². The third-order valence-electron chi connectivity index (χ3n) is 4.59. The molecular formula is C22H20F2O. The van der Waals surface area contributed by atoms with Crippen LogP contribution in [0.5, 0.6) is 5.75 Å². The predicted octanol–water partition coefficient (Wildman–Crippen LogP) is 6.23. The molecule has 0 saturated carbocycles. The van der Waals surface area contributed by atoms with Crippen LogP contribution >= 0.6 is 0 Å². The van der Waals surface area contributed by atoms with E-state index in [-0.39, 0.29) is 11.6 Å². The fourth-order valence-corrected chi connectivity index (χ4v) is 3.19. The molecule has 0 bridgehead atoms. The second-order valence-electron chi connectivity index (χ2n) is 6.27. The van der Waals surface area contributed by atoms with Crippen molar-refractivity contribution in [3.05, 3.63) is 76.9 Å². The zero-order chi connectivity index (χ0) is 18.1. The van der Waals surface area contributed by atoms with Crippen LogP contribution in [0, 0.1) is 32.4 Å². The number of rotatable bonds is 3. The summed E-state index contributed by atoms with van der Waals surface area (Å²) in [6.07, 6.45) is 0. The van der Waals surface area contributed by atoms with Crippen LogP contribution in [0.2, 0.25) is 0 Å². The lowest BCUT2D eigenvalue weighted by atomic mass is 9.89. The molecule has 3 aromatic rings. The Balaban J connectivity index is 2.26. The molecule has 0 amide bonds. The van der Waals surface area contributed by atoms with Crippen molar-refractivity contribution in [1.29, 1.82) is 0 Å². The third-order valence-corrected chi connectivity index (χ3v) is 4.59. The molecule has 0 atom stereocenters. The second kappa shape index (κ2) is 6.67. The molecule has 0 aliphatic carbocycles. The summed E-state index contributed by atoms with van der Waals surface area (Å²) in [6.45, 7) is 5.78. The number of hydrogen-bond acceptors (Lipinski definition) is 1. The van der Waals surface area contributed by atoms with Gasteiger partial charge >= 0.3 is 0 Å². The monoisotopic (exact) mass is 338 g/mol. The predicted molar refractivity (Wildman–Crippen MR) is 98.0 cm³/mol. The summed E-state index contributed by atoms with van der Waals surface area (Å²) in [6, 6.07) is 13.4. The van der Waals surface area contributed by atoms with Crippen molar-refractivity contribution < 1.29 is 13.5 Å². The first kappa shape index (κ1) is 17.2. The molecule has 0 aliphatic rings. The van der Waals surface area contributed by atoms with Gasteiger partial charge in [0, 0.05) is 0 Å². The number of halogens is 2. The highest BCUT2D eigenvalue weighted by molar-refractivity contribution is 5.81. The molecular weight excluding hydrogens is 318 g/mol. The van der Waals surface area contributed by atoms with Crippen LogP contribution in [0.15, 0.2) is 48.5 Å². The van der Waals surface area contributed by atoms with Crippen LogP contribution in [-0.2, 0) is 0 Å². The molecule has 128 valence electrons. The molecule has 25 heavy (non-hydrogen) atoms. The minimum Gasteiger partial charge on any atom is -0.497 e. The molecule has 3 heteroatoms. The maximum absolute atomic E-state index is 14.4. The first-order chi connectivity index (χ1) is 11.9. The smallest absolute Gasteiger partial charge is 0.124 e. The van der Waals surface area contributed by atoms with E-state index in [9.17, 15) is 8.78 Å². The van der Waals surface area contributed by atoms with Crippen LogP contribution in [0.3, 0.4) is 0 Å². The van der Waals surface area contributed by atoms with Gasteiger partial charge in [-0.3, -0.25) is 0 Å². The van der Waals surface area contributed by atoms with Crippen molar-refractivity contribution in [2.24, 2.45) is 0 Å². The van der Waals surface area contributed by atoms with Crippen molar-refractivity contribution in [2.45, 2.75) is 20.8 Å². The minimum atomic E-state index is -0.318. The normalized spacial score (nSPS) is 10.8. The molecule has 0 N–H and O–H groups in total. The van der Waals surface area contributed by atoms with Gasteiger partial charge in [0.15, 0.2) is 0 Å². The van der Waals surface area contributed by atoms with Crippen molar-refractivity contribution in [2.75, 3.05) is 7.11 Å². The van der Waals surface area contributed by atoms with Crippen LogP contribution in [-0.4, -0.2) is 7.11 Å². The van der Waals surface area contributed by atoms with Crippen LogP contribution < -0.4 is 4.74 Å². The molecule has 0 aromatic heterocycles. The highest BCUT2D eigenvalue weighted by atomic mass is 19.1. The lowest BCUT2D eigenvalue weighted by Crippen LogP contribution is -1.95. The summed E-state index contributed by atoms with van der Waals surface area (Å²) in [5, 5.41) is 0. The molecule has 0 fully saturated rings. The molecule has 0 heterocycles. The summed E-state index contributed by atoms with van der Waals surface area (Å²) in [5.74, 6) is 0.115. The number of ether oxygens (including phenoxy) is 1. The molecule has 3 rings (SSSR count). The number of aryl methyl sites for hydroxylation is 2. The van der Waals surface area contributed by atoms with E-state index in [1.165, 1.54) is 18.2 Å². The maximum Gasteiger partial charge on any atom is 0.124 e. The van der Waals surface area contributed by atoms with Gasteiger partial charge in [0.25, 0.3) is 0 Å². The summed E-state index contributed by atoms with van der Waals surface area (Å²) < 4.78 is 33.1. The van der Waals surface area contributed by atoms with Crippen LogP contribution in [0.1, 0.15) is 16.7 Å². The number of hydrogen-bond donors (Lipinski definition) is 0. The lowest BCUT2D eigenvalue weighted by Gasteiger charge is -2.16. The van der Waals surface area contributed by atoms with E-state index in [1.807, 2.05) is 39.0 Å². The first-order valence-electron chi connectivity index (χ1n) is 8.12. The Morgan fingerprint density at radius 3 is 1.96 bits per heavy atom. The van der Waals surface area contributed by atoms with Gasteiger partial charge < -0.3 is 4.74 Å². The quantitative estimate of drug-likeness (QED) is 0.550. The number of benzene rings is 3. The second-order valence-corrected chi connectivity index (χ2v) is 6.27. The highest BCUT2D eigenvalue weighted by Crippen LogP contribution is 2.37. The van der Waals surface area contributed by atoms with Crippen molar-refractivity contribution in [3.63, 3.8) is 0 Å². The van der Waals surface area contributed by atoms with Crippen LogP contribution in [0.4, 0.5) is 8.78 Å². The van der Waals surface area contributed by atoms with Gasteiger partial charge in [0.2, 0.25) is 0 Å². The minimum absolute atomic E-state index is 0.292. The average Bonchev–Trinajstić information content (AvgIpc) is 2.58. The maximum atomic E-state index is 14.4. The van der Waals surface area contributed by atoms with E-state index < -0.39 is 0 Å². The van der Waals surface area contributed by atoms with E-state index in [1.54, 1.807) is 19.2 Å². The molecule has 0 radical (unpaired) electrons. The van der Waals surface area contributed by atoms with Gasteiger partial charge in [-0.1, -0.05) is 12.1 Å². The Morgan fingerprint density at radius 1 is 0.640 bits per heavy atom. The van der Waals surface area contributed by atoms with E-state index in [0.29, 0.717) is 0 Å². The summed E-state index contributed by atoms with van der Waals surface area (Å²) >= 11 is 0. The van der Waals surface area contributed by atoms with Gasteiger partial charge in [-0.25, -0.2) is 8.78 Å². The van der Waals surface area contributed by atoms with Gasteiger partial charge in [-0.15, -0.1) is 0 Å². The molecule has 0 spiro atoms. The Kier molecular flexibility index (Phi) is 4.58. The van der Waals surface area contributed by atoms with E-state index in [0.717, 1.165) is 44.7 Å². The Labute approximate surface area is 146 Å². The van der Waals surface area contributed by atoms with Gasteiger partial charge in [0.05, 0.1) is 7.11 Å². The van der Waals surface area contributed by atoms with E-state index in [2.05, 4.69) is 0 Å². The third kappa shape index (κ3) is 3.27. The van der Waals surface area contributed by atoms with E-state index >= 15 is 0 Å². The van der Waals surface area contributed by atoms with Crippen molar-refractivity contribution in [1.82, 2.24) is 0 Å². The SMILES string of the molecule is COc1ccc(C)c(-c2cc(F)cc(-c3ccc(F)cc3C)c2C)c1. The van der Waals surface area contributed by atoms with Gasteiger partial charge in [-0.2, -0.15) is 0 Å². The summed E-state index contributed by atoms with van der Waals surface area (Å²) in [4.78, 5) is 0. The van der Waals surface area contributed by atoms with E-state index in [4.69, 9.17) is 4.74 Å². The first-order valence-corrected chi connectivity index (χ1v) is 8.12. The van der Waals surface area contributed by atoms with Gasteiger partial charge in [-0.05, 0) is 96.1 Å². The highest BCUT2D eigenvalue weighted by Gasteiger charge is 2.15. The standard InChI is InChI=1S/C22H20F2O/c1-13-5-7-18(25-4)12-20(13)22-11-17(24)10-21(15(22)3)19-8-6-16(23)9-14(19)2/h5-12H,1-4H3. The fourth-order valence-electron chi connectivity index (χ4n) is 3.19. The average molecular weight is 338 g/mol. The molecule has 0 saturated heterocycles. The molecule has 0 unspecified atom stereocenters. The van der Waals surface area contributed by atoms with Gasteiger partial charge in [0.1, 0.15) is 17.4 Å². The Bertz CT molecular complexity index is 945.